The van der Waals surface area contributed by atoms with Gasteiger partial charge in [0.25, 0.3) is 0 Å². The zero-order chi connectivity index (χ0) is 13.8. The second-order valence-electron chi connectivity index (χ2n) is 5.50. The Morgan fingerprint density at radius 1 is 1.20 bits per heavy atom. The highest BCUT2D eigenvalue weighted by Crippen LogP contribution is 2.15. The van der Waals surface area contributed by atoms with Crippen LogP contribution in [0.15, 0.2) is 36.5 Å². The second-order valence-corrected chi connectivity index (χ2v) is 7.19. The predicted octanol–water partition coefficient (Wildman–Crippen LogP) is 2.53. The van der Waals surface area contributed by atoms with Gasteiger partial charge in [-0.3, -0.25) is 4.21 Å². The van der Waals surface area contributed by atoms with E-state index in [2.05, 4.69) is 46.4 Å². The zero-order valence-electron chi connectivity index (χ0n) is 11.8. The van der Waals surface area contributed by atoms with Crippen molar-refractivity contribution < 1.29 is 4.21 Å². The summed E-state index contributed by atoms with van der Waals surface area (Å²) in [6.07, 6.45) is 5.45. The largest absolute Gasteiger partial charge is 0.347 e. The van der Waals surface area contributed by atoms with E-state index in [1.165, 1.54) is 10.9 Å². The topological polar surface area (TPSA) is 34.0 Å². The number of benzene rings is 1. The fourth-order valence-corrected chi connectivity index (χ4v) is 4.19. The van der Waals surface area contributed by atoms with Gasteiger partial charge in [0.2, 0.25) is 0 Å². The van der Waals surface area contributed by atoms with Gasteiger partial charge in [-0.05, 0) is 43.3 Å². The van der Waals surface area contributed by atoms with Crippen LogP contribution in [0.2, 0.25) is 0 Å². The Morgan fingerprint density at radius 2 is 2.00 bits per heavy atom. The summed E-state index contributed by atoms with van der Waals surface area (Å²) >= 11 is 0. The van der Waals surface area contributed by atoms with E-state index in [1.54, 1.807) is 0 Å². The van der Waals surface area contributed by atoms with E-state index in [0.717, 1.165) is 43.9 Å². The lowest BCUT2D eigenvalue weighted by Crippen LogP contribution is -2.36. The normalized spacial score (nSPS) is 23.2. The van der Waals surface area contributed by atoms with Crippen molar-refractivity contribution in [2.24, 2.45) is 0 Å². The first-order valence-electron chi connectivity index (χ1n) is 7.45. The van der Waals surface area contributed by atoms with Crippen molar-refractivity contribution in [3.05, 3.63) is 36.5 Å². The molecule has 0 amide bonds. The molecule has 0 saturated carbocycles. The molecule has 3 rings (SSSR count). The van der Waals surface area contributed by atoms with Crippen LogP contribution in [0.25, 0.3) is 10.9 Å². The molecule has 1 saturated heterocycles. The van der Waals surface area contributed by atoms with Crippen LogP contribution in [0.1, 0.15) is 19.3 Å². The van der Waals surface area contributed by atoms with Crippen molar-refractivity contribution in [3.63, 3.8) is 0 Å². The van der Waals surface area contributed by atoms with Crippen LogP contribution < -0.4 is 5.32 Å². The molecule has 20 heavy (non-hydrogen) atoms. The van der Waals surface area contributed by atoms with Crippen molar-refractivity contribution in [3.8, 4) is 0 Å². The van der Waals surface area contributed by atoms with Gasteiger partial charge in [0.15, 0.2) is 0 Å². The molecule has 0 unspecified atom stereocenters. The van der Waals surface area contributed by atoms with Gasteiger partial charge in [0, 0.05) is 46.6 Å². The summed E-state index contributed by atoms with van der Waals surface area (Å²) in [5.74, 6) is 1.75. The molecule has 2 aromatic rings. The molecular formula is C16H22N2OS. The summed E-state index contributed by atoms with van der Waals surface area (Å²) in [5, 5.41) is 4.92. The van der Waals surface area contributed by atoms with Crippen molar-refractivity contribution in [1.29, 1.82) is 0 Å². The van der Waals surface area contributed by atoms with Gasteiger partial charge < -0.3 is 9.88 Å². The van der Waals surface area contributed by atoms with Gasteiger partial charge in [-0.1, -0.05) is 18.2 Å². The monoisotopic (exact) mass is 290 g/mol. The van der Waals surface area contributed by atoms with E-state index in [0.29, 0.717) is 6.04 Å². The van der Waals surface area contributed by atoms with E-state index in [-0.39, 0.29) is 0 Å². The number of fused-ring (bicyclic) bond motifs is 1. The Bertz CT molecular complexity index is 583. The van der Waals surface area contributed by atoms with Crippen LogP contribution in [0.5, 0.6) is 0 Å². The average Bonchev–Trinajstić information content (AvgIpc) is 2.89. The molecule has 0 bridgehead atoms. The minimum atomic E-state index is -0.552. The summed E-state index contributed by atoms with van der Waals surface area (Å²) in [4.78, 5) is 0. The minimum absolute atomic E-state index is 0.552. The molecule has 0 spiro atoms. The highest BCUT2D eigenvalue weighted by molar-refractivity contribution is 7.85. The first-order valence-corrected chi connectivity index (χ1v) is 8.94. The molecule has 3 nitrogen and oxygen atoms in total. The summed E-state index contributed by atoms with van der Waals surface area (Å²) < 4.78 is 13.6. The fraction of sp³-hybridized carbons (Fsp3) is 0.500. The summed E-state index contributed by atoms with van der Waals surface area (Å²) in [5.41, 5.74) is 1.32. The maximum atomic E-state index is 11.3. The van der Waals surface area contributed by atoms with Crippen LogP contribution in [-0.2, 0) is 17.3 Å². The number of hydrogen-bond acceptors (Lipinski definition) is 2. The number of rotatable bonds is 5. The average molecular weight is 290 g/mol. The van der Waals surface area contributed by atoms with Gasteiger partial charge in [-0.15, -0.1) is 0 Å². The SMILES string of the molecule is O=S1CCC(NCCCn2ccc3ccccc32)CC1. The molecule has 1 N–H and O–H groups in total. The van der Waals surface area contributed by atoms with Crippen LogP contribution in [0.3, 0.4) is 0 Å². The van der Waals surface area contributed by atoms with Gasteiger partial charge in [0.05, 0.1) is 0 Å². The fourth-order valence-electron chi connectivity index (χ4n) is 2.89. The Labute approximate surface area is 122 Å². The molecule has 108 valence electrons. The maximum Gasteiger partial charge on any atom is 0.0480 e. The number of aromatic nitrogens is 1. The Balaban J connectivity index is 1.45. The number of hydrogen-bond donors (Lipinski definition) is 1. The minimum Gasteiger partial charge on any atom is -0.347 e. The van der Waals surface area contributed by atoms with Crippen LogP contribution in [0, 0.1) is 0 Å². The standard InChI is InChI=1S/C16H22N2OS/c19-20-12-7-15(8-13-20)17-9-3-10-18-11-6-14-4-1-2-5-16(14)18/h1-2,4-6,11,15,17H,3,7-10,12-13H2. The first-order chi connectivity index (χ1) is 9.83. The van der Waals surface area contributed by atoms with Crippen LogP contribution in [-0.4, -0.2) is 32.9 Å². The molecule has 0 aliphatic carbocycles. The summed E-state index contributed by atoms with van der Waals surface area (Å²) in [6.45, 7) is 2.10. The van der Waals surface area contributed by atoms with Gasteiger partial charge in [-0.2, -0.15) is 0 Å². The van der Waals surface area contributed by atoms with Gasteiger partial charge >= 0.3 is 0 Å². The lowest BCUT2D eigenvalue weighted by atomic mass is 10.1. The quantitative estimate of drug-likeness (QED) is 0.859. The third kappa shape index (κ3) is 3.30. The molecule has 1 aliphatic heterocycles. The lowest BCUT2D eigenvalue weighted by molar-refractivity contribution is 0.461. The molecule has 2 heterocycles. The van der Waals surface area contributed by atoms with Gasteiger partial charge in [-0.25, -0.2) is 0 Å². The van der Waals surface area contributed by atoms with E-state index in [4.69, 9.17) is 0 Å². The number of aryl methyl sites for hydroxylation is 1. The van der Waals surface area contributed by atoms with E-state index < -0.39 is 10.8 Å². The molecular weight excluding hydrogens is 268 g/mol. The lowest BCUT2D eigenvalue weighted by Gasteiger charge is -2.22. The Morgan fingerprint density at radius 3 is 2.85 bits per heavy atom. The number of nitrogens with one attached hydrogen (secondary N) is 1. The summed E-state index contributed by atoms with van der Waals surface area (Å²) in [6, 6.07) is 11.3. The molecule has 1 aromatic heterocycles. The van der Waals surface area contributed by atoms with E-state index in [9.17, 15) is 4.21 Å². The van der Waals surface area contributed by atoms with Crippen LogP contribution >= 0.6 is 0 Å². The third-order valence-electron chi connectivity index (χ3n) is 4.08. The molecule has 1 aromatic carbocycles. The number of nitrogens with zero attached hydrogens (tertiary/aromatic N) is 1. The van der Waals surface area contributed by atoms with Crippen LogP contribution in [0.4, 0.5) is 0 Å². The second kappa shape index (κ2) is 6.55. The predicted molar refractivity (Wildman–Crippen MR) is 85.5 cm³/mol. The van der Waals surface area contributed by atoms with E-state index in [1.807, 2.05) is 0 Å². The zero-order valence-corrected chi connectivity index (χ0v) is 12.6. The Kier molecular flexibility index (Phi) is 4.53. The third-order valence-corrected chi connectivity index (χ3v) is 5.46. The molecule has 0 atom stereocenters. The van der Waals surface area contributed by atoms with Crippen molar-refractivity contribution >= 4 is 21.7 Å². The Hall–Kier alpha value is -1.13. The highest BCUT2D eigenvalue weighted by Gasteiger charge is 2.16. The smallest absolute Gasteiger partial charge is 0.0480 e. The van der Waals surface area contributed by atoms with Crippen molar-refractivity contribution in [2.45, 2.75) is 31.8 Å². The molecule has 0 radical (unpaired) electrons. The summed E-state index contributed by atoms with van der Waals surface area (Å²) in [7, 11) is -0.552. The first kappa shape index (κ1) is 13.8. The molecule has 4 heteroatoms. The number of para-hydroxylation sites is 1. The van der Waals surface area contributed by atoms with Gasteiger partial charge in [0.1, 0.15) is 0 Å². The molecule has 1 aliphatic rings. The maximum absolute atomic E-state index is 11.3. The molecule has 1 fully saturated rings. The van der Waals surface area contributed by atoms with E-state index >= 15 is 0 Å². The van der Waals surface area contributed by atoms with Crippen molar-refractivity contribution in [2.75, 3.05) is 18.1 Å². The highest BCUT2D eigenvalue weighted by atomic mass is 32.2. The van der Waals surface area contributed by atoms with Crippen molar-refractivity contribution in [1.82, 2.24) is 9.88 Å².